The van der Waals surface area contributed by atoms with Gasteiger partial charge >= 0.3 is 12.1 Å². The van der Waals surface area contributed by atoms with Gasteiger partial charge in [-0.3, -0.25) is 0 Å². The second-order valence-corrected chi connectivity index (χ2v) is 5.02. The number of methoxy groups -OCH3 is 1. The highest BCUT2D eigenvalue weighted by molar-refractivity contribution is 5.82. The molecular formula is C18H19NO5. The van der Waals surface area contributed by atoms with Crippen LogP contribution >= 0.6 is 0 Å². The molecule has 2 aromatic carbocycles. The minimum atomic E-state index is -0.838. The van der Waals surface area contributed by atoms with E-state index in [0.29, 0.717) is 11.5 Å². The quantitative estimate of drug-likeness (QED) is 0.651. The summed E-state index contributed by atoms with van der Waals surface area (Å²) in [5.74, 6) is 0.439. The van der Waals surface area contributed by atoms with Crippen molar-refractivity contribution in [2.75, 3.05) is 7.11 Å². The SMILES string of the molecule is COc1ccc(OC(=O)C(C)NC(=O)OCc2ccccc2)cc1. The Morgan fingerprint density at radius 3 is 2.25 bits per heavy atom. The van der Waals surface area contributed by atoms with E-state index in [1.807, 2.05) is 30.3 Å². The molecule has 0 aliphatic heterocycles. The molecule has 0 radical (unpaired) electrons. The van der Waals surface area contributed by atoms with Crippen molar-refractivity contribution in [1.29, 1.82) is 0 Å². The molecule has 0 aliphatic rings. The third-order valence-electron chi connectivity index (χ3n) is 3.18. The molecule has 0 saturated heterocycles. The lowest BCUT2D eigenvalue weighted by Gasteiger charge is -2.13. The van der Waals surface area contributed by atoms with Gasteiger partial charge in [-0.05, 0) is 36.8 Å². The van der Waals surface area contributed by atoms with Crippen LogP contribution in [0.5, 0.6) is 11.5 Å². The Labute approximate surface area is 140 Å². The smallest absolute Gasteiger partial charge is 0.408 e. The summed E-state index contributed by atoms with van der Waals surface area (Å²) in [6, 6.07) is 15.0. The number of alkyl carbamates (subject to hydrolysis) is 1. The summed E-state index contributed by atoms with van der Waals surface area (Å²) in [7, 11) is 1.55. The number of hydrogen-bond donors (Lipinski definition) is 1. The summed E-state index contributed by atoms with van der Waals surface area (Å²) in [5, 5.41) is 2.43. The lowest BCUT2D eigenvalue weighted by molar-refractivity contribution is -0.136. The molecule has 1 atom stereocenters. The number of nitrogens with one attached hydrogen (secondary N) is 1. The van der Waals surface area contributed by atoms with Crippen molar-refractivity contribution in [3.63, 3.8) is 0 Å². The summed E-state index contributed by atoms with van der Waals surface area (Å²) in [6.45, 7) is 1.66. The lowest BCUT2D eigenvalue weighted by Crippen LogP contribution is -2.41. The molecule has 2 rings (SSSR count). The van der Waals surface area contributed by atoms with Crippen LogP contribution in [0.2, 0.25) is 0 Å². The number of carbonyl (C=O) groups excluding carboxylic acids is 2. The van der Waals surface area contributed by atoms with Crippen molar-refractivity contribution in [3.05, 3.63) is 60.2 Å². The summed E-state index contributed by atoms with van der Waals surface area (Å²) >= 11 is 0. The van der Waals surface area contributed by atoms with E-state index in [2.05, 4.69) is 5.32 Å². The van der Waals surface area contributed by atoms with E-state index in [-0.39, 0.29) is 6.61 Å². The molecule has 6 heteroatoms. The van der Waals surface area contributed by atoms with Crippen LogP contribution in [0.1, 0.15) is 12.5 Å². The third kappa shape index (κ3) is 5.31. The average Bonchev–Trinajstić information content (AvgIpc) is 2.61. The molecule has 126 valence electrons. The highest BCUT2D eigenvalue weighted by atomic mass is 16.6. The van der Waals surface area contributed by atoms with Crippen molar-refractivity contribution < 1.29 is 23.8 Å². The van der Waals surface area contributed by atoms with Gasteiger partial charge in [-0.2, -0.15) is 0 Å². The number of carbonyl (C=O) groups is 2. The maximum atomic E-state index is 12.0. The number of ether oxygens (including phenoxy) is 3. The summed E-state index contributed by atoms with van der Waals surface area (Å²) < 4.78 is 15.3. The first-order valence-corrected chi connectivity index (χ1v) is 7.41. The predicted octanol–water partition coefficient (Wildman–Crippen LogP) is 2.92. The first-order valence-electron chi connectivity index (χ1n) is 7.41. The molecular weight excluding hydrogens is 310 g/mol. The van der Waals surface area contributed by atoms with Crippen LogP contribution in [-0.4, -0.2) is 25.2 Å². The first-order chi connectivity index (χ1) is 11.6. The van der Waals surface area contributed by atoms with E-state index < -0.39 is 18.1 Å². The molecule has 0 fully saturated rings. The van der Waals surface area contributed by atoms with Crippen LogP contribution < -0.4 is 14.8 Å². The second-order valence-electron chi connectivity index (χ2n) is 5.02. The average molecular weight is 329 g/mol. The molecule has 2 aromatic rings. The van der Waals surface area contributed by atoms with Gasteiger partial charge in [0.1, 0.15) is 24.1 Å². The van der Waals surface area contributed by atoms with E-state index in [1.165, 1.54) is 6.92 Å². The van der Waals surface area contributed by atoms with Crippen LogP contribution in [0, 0.1) is 0 Å². The number of esters is 1. The molecule has 0 spiro atoms. The Morgan fingerprint density at radius 2 is 1.62 bits per heavy atom. The fourth-order valence-electron chi connectivity index (χ4n) is 1.85. The number of benzene rings is 2. The topological polar surface area (TPSA) is 73.9 Å². The normalized spacial score (nSPS) is 11.2. The molecule has 1 unspecified atom stereocenters. The Kier molecular flexibility index (Phi) is 6.19. The Balaban J connectivity index is 1.78. The molecule has 0 saturated carbocycles. The van der Waals surface area contributed by atoms with E-state index in [4.69, 9.17) is 14.2 Å². The number of amides is 1. The van der Waals surface area contributed by atoms with Gasteiger partial charge in [0.05, 0.1) is 7.11 Å². The highest BCUT2D eigenvalue weighted by Crippen LogP contribution is 2.17. The van der Waals surface area contributed by atoms with Crippen LogP contribution in [0.4, 0.5) is 4.79 Å². The maximum absolute atomic E-state index is 12.0. The van der Waals surface area contributed by atoms with Crippen LogP contribution in [-0.2, 0) is 16.1 Å². The zero-order valence-corrected chi connectivity index (χ0v) is 13.5. The molecule has 0 heterocycles. The minimum Gasteiger partial charge on any atom is -0.497 e. The van der Waals surface area contributed by atoms with Gasteiger partial charge in [0, 0.05) is 0 Å². The van der Waals surface area contributed by atoms with Crippen molar-refractivity contribution >= 4 is 12.1 Å². The summed E-state index contributed by atoms with van der Waals surface area (Å²) in [4.78, 5) is 23.7. The number of hydrogen-bond acceptors (Lipinski definition) is 5. The highest BCUT2D eigenvalue weighted by Gasteiger charge is 2.18. The minimum absolute atomic E-state index is 0.132. The summed E-state index contributed by atoms with van der Waals surface area (Å²) in [6.07, 6.45) is -0.682. The van der Waals surface area contributed by atoms with Crippen molar-refractivity contribution in [2.24, 2.45) is 0 Å². The number of rotatable bonds is 6. The van der Waals surface area contributed by atoms with Gasteiger partial charge in [0.25, 0.3) is 0 Å². The third-order valence-corrected chi connectivity index (χ3v) is 3.18. The van der Waals surface area contributed by atoms with Crippen molar-refractivity contribution in [3.8, 4) is 11.5 Å². The largest absolute Gasteiger partial charge is 0.497 e. The molecule has 24 heavy (non-hydrogen) atoms. The first kappa shape index (κ1) is 17.3. The van der Waals surface area contributed by atoms with Gasteiger partial charge in [-0.15, -0.1) is 0 Å². The van der Waals surface area contributed by atoms with Crippen molar-refractivity contribution in [1.82, 2.24) is 5.32 Å². The molecule has 0 aliphatic carbocycles. The Bertz CT molecular complexity index is 670. The van der Waals surface area contributed by atoms with E-state index in [9.17, 15) is 9.59 Å². The summed E-state index contributed by atoms with van der Waals surface area (Å²) in [5.41, 5.74) is 0.862. The van der Waals surface area contributed by atoms with Gasteiger partial charge in [-0.25, -0.2) is 9.59 Å². The molecule has 0 aromatic heterocycles. The van der Waals surface area contributed by atoms with Gasteiger partial charge in [-0.1, -0.05) is 30.3 Å². The zero-order chi connectivity index (χ0) is 17.4. The van der Waals surface area contributed by atoms with E-state index in [1.54, 1.807) is 31.4 Å². The zero-order valence-electron chi connectivity index (χ0n) is 13.5. The Hall–Kier alpha value is -3.02. The predicted molar refractivity (Wildman–Crippen MR) is 87.9 cm³/mol. The van der Waals surface area contributed by atoms with Crippen molar-refractivity contribution in [2.45, 2.75) is 19.6 Å². The van der Waals surface area contributed by atoms with Gasteiger partial charge in [0.2, 0.25) is 0 Å². The fraction of sp³-hybridized carbons (Fsp3) is 0.222. The van der Waals surface area contributed by atoms with Crippen LogP contribution in [0.25, 0.3) is 0 Å². The fourth-order valence-corrected chi connectivity index (χ4v) is 1.85. The van der Waals surface area contributed by atoms with Gasteiger partial charge < -0.3 is 19.5 Å². The van der Waals surface area contributed by atoms with E-state index >= 15 is 0 Å². The van der Waals surface area contributed by atoms with E-state index in [0.717, 1.165) is 5.56 Å². The molecule has 0 bridgehead atoms. The monoisotopic (exact) mass is 329 g/mol. The molecule has 1 N–H and O–H groups in total. The maximum Gasteiger partial charge on any atom is 0.408 e. The van der Waals surface area contributed by atoms with Crippen LogP contribution in [0.3, 0.4) is 0 Å². The lowest BCUT2D eigenvalue weighted by atomic mass is 10.2. The molecule has 1 amide bonds. The Morgan fingerprint density at radius 1 is 1.00 bits per heavy atom. The van der Waals surface area contributed by atoms with Crippen LogP contribution in [0.15, 0.2) is 54.6 Å². The molecule has 6 nitrogen and oxygen atoms in total. The standard InChI is InChI=1S/C18H19NO5/c1-13(17(20)24-16-10-8-15(22-2)9-11-16)19-18(21)23-12-14-6-4-3-5-7-14/h3-11,13H,12H2,1-2H3,(H,19,21). The van der Waals surface area contributed by atoms with Gasteiger partial charge in [0.15, 0.2) is 0 Å². The second kappa shape index (κ2) is 8.57.